The van der Waals surface area contributed by atoms with E-state index in [2.05, 4.69) is 16.0 Å². The van der Waals surface area contributed by atoms with Crippen molar-refractivity contribution in [3.05, 3.63) is 53.6 Å². The molecule has 0 radical (unpaired) electrons. The fourth-order valence-corrected chi connectivity index (χ4v) is 2.61. The summed E-state index contributed by atoms with van der Waals surface area (Å²) < 4.78 is 0. The number of carbonyl (C=O) groups excluding carboxylic acids is 2. The van der Waals surface area contributed by atoms with E-state index in [-0.39, 0.29) is 17.7 Å². The first-order chi connectivity index (χ1) is 11.5. The fourth-order valence-electron chi connectivity index (χ4n) is 2.61. The van der Waals surface area contributed by atoms with E-state index in [4.69, 9.17) is 0 Å². The highest BCUT2D eigenvalue weighted by Gasteiger charge is 2.14. The van der Waals surface area contributed by atoms with Gasteiger partial charge in [-0.1, -0.05) is 19.9 Å². The van der Waals surface area contributed by atoms with Crippen molar-refractivity contribution in [1.82, 2.24) is 0 Å². The summed E-state index contributed by atoms with van der Waals surface area (Å²) >= 11 is 0. The monoisotopic (exact) mass is 323 g/mol. The quantitative estimate of drug-likeness (QED) is 0.806. The van der Waals surface area contributed by atoms with Gasteiger partial charge in [-0.3, -0.25) is 9.59 Å². The maximum absolute atomic E-state index is 12.4. The summed E-state index contributed by atoms with van der Waals surface area (Å²) in [5.74, 6) is -0.301. The Bertz CT molecular complexity index is 784. The van der Waals surface area contributed by atoms with Gasteiger partial charge >= 0.3 is 0 Å². The molecule has 0 spiro atoms. The third-order valence-corrected chi connectivity index (χ3v) is 3.99. The van der Waals surface area contributed by atoms with Crippen molar-refractivity contribution >= 4 is 28.9 Å². The van der Waals surface area contributed by atoms with E-state index in [0.717, 1.165) is 18.7 Å². The molecular formula is C19H21N3O2. The molecule has 5 heteroatoms. The normalized spacial score (nSPS) is 12.5. The van der Waals surface area contributed by atoms with Crippen LogP contribution >= 0.6 is 0 Å². The average molecular weight is 323 g/mol. The van der Waals surface area contributed by atoms with Gasteiger partial charge in [0.2, 0.25) is 5.91 Å². The van der Waals surface area contributed by atoms with E-state index in [9.17, 15) is 9.59 Å². The van der Waals surface area contributed by atoms with Crippen LogP contribution in [0.5, 0.6) is 0 Å². The summed E-state index contributed by atoms with van der Waals surface area (Å²) in [5.41, 5.74) is 4.23. The highest BCUT2D eigenvalue weighted by atomic mass is 16.2. The molecule has 24 heavy (non-hydrogen) atoms. The number of hydrogen-bond donors (Lipinski definition) is 3. The molecule has 124 valence electrons. The Hall–Kier alpha value is -2.82. The smallest absolute Gasteiger partial charge is 0.255 e. The first kappa shape index (κ1) is 16.1. The lowest BCUT2D eigenvalue weighted by Crippen LogP contribution is -2.18. The SMILES string of the molecule is CC(C)C(=O)Nc1cccc(NC(=O)c2ccc3c(c2)CCN3)c1. The fraction of sp³-hybridized carbons (Fsp3) is 0.263. The predicted molar refractivity (Wildman–Crippen MR) is 96.5 cm³/mol. The molecule has 0 saturated carbocycles. The Balaban J connectivity index is 1.71. The van der Waals surface area contributed by atoms with Gasteiger partial charge in [-0.2, -0.15) is 0 Å². The molecule has 0 fully saturated rings. The van der Waals surface area contributed by atoms with E-state index in [0.29, 0.717) is 16.9 Å². The van der Waals surface area contributed by atoms with Gasteiger partial charge in [0.25, 0.3) is 5.91 Å². The number of hydrogen-bond acceptors (Lipinski definition) is 3. The lowest BCUT2D eigenvalue weighted by molar-refractivity contribution is -0.118. The zero-order valence-electron chi connectivity index (χ0n) is 13.8. The Labute approximate surface area is 141 Å². The summed E-state index contributed by atoms with van der Waals surface area (Å²) in [7, 11) is 0. The summed E-state index contributed by atoms with van der Waals surface area (Å²) in [5, 5.41) is 8.99. The molecule has 0 saturated heterocycles. The minimum absolute atomic E-state index is 0.0513. The third-order valence-electron chi connectivity index (χ3n) is 3.99. The van der Waals surface area contributed by atoms with Crippen molar-refractivity contribution in [2.45, 2.75) is 20.3 Å². The van der Waals surface area contributed by atoms with Crippen LogP contribution in [0.25, 0.3) is 0 Å². The van der Waals surface area contributed by atoms with Crippen LogP contribution < -0.4 is 16.0 Å². The molecule has 3 rings (SSSR count). The zero-order valence-corrected chi connectivity index (χ0v) is 13.8. The van der Waals surface area contributed by atoms with Crippen LogP contribution in [0, 0.1) is 5.92 Å². The Morgan fingerprint density at radius 3 is 2.54 bits per heavy atom. The molecule has 0 aliphatic carbocycles. The summed E-state index contributed by atoms with van der Waals surface area (Å²) in [6.07, 6.45) is 0.938. The van der Waals surface area contributed by atoms with Crippen LogP contribution in [0.15, 0.2) is 42.5 Å². The lowest BCUT2D eigenvalue weighted by atomic mass is 10.1. The predicted octanol–water partition coefficient (Wildman–Crippen LogP) is 3.50. The molecule has 0 aromatic heterocycles. The van der Waals surface area contributed by atoms with Gasteiger partial charge in [0.15, 0.2) is 0 Å². The van der Waals surface area contributed by atoms with E-state index < -0.39 is 0 Å². The Morgan fingerprint density at radius 2 is 1.79 bits per heavy atom. The second-order valence-corrected chi connectivity index (χ2v) is 6.23. The van der Waals surface area contributed by atoms with Crippen molar-refractivity contribution < 1.29 is 9.59 Å². The molecule has 0 bridgehead atoms. The second-order valence-electron chi connectivity index (χ2n) is 6.23. The molecule has 2 amide bonds. The molecule has 1 heterocycles. The van der Waals surface area contributed by atoms with Gasteiger partial charge < -0.3 is 16.0 Å². The standard InChI is InChI=1S/C19H21N3O2/c1-12(2)18(23)21-15-4-3-5-16(11-15)22-19(24)14-6-7-17-13(10-14)8-9-20-17/h3-7,10-12,20H,8-9H2,1-2H3,(H,21,23)(H,22,24). The van der Waals surface area contributed by atoms with Gasteiger partial charge in [0.1, 0.15) is 0 Å². The van der Waals surface area contributed by atoms with Crippen molar-refractivity contribution in [3.8, 4) is 0 Å². The van der Waals surface area contributed by atoms with E-state index >= 15 is 0 Å². The van der Waals surface area contributed by atoms with Crippen LogP contribution in [-0.2, 0) is 11.2 Å². The average Bonchev–Trinajstić information content (AvgIpc) is 3.02. The van der Waals surface area contributed by atoms with E-state index in [1.54, 1.807) is 24.3 Å². The number of rotatable bonds is 4. The molecule has 2 aromatic carbocycles. The maximum Gasteiger partial charge on any atom is 0.255 e. The van der Waals surface area contributed by atoms with Gasteiger partial charge in [-0.15, -0.1) is 0 Å². The molecule has 5 nitrogen and oxygen atoms in total. The lowest BCUT2D eigenvalue weighted by Gasteiger charge is -2.11. The first-order valence-corrected chi connectivity index (χ1v) is 8.12. The number of anilines is 3. The zero-order chi connectivity index (χ0) is 17.1. The molecular weight excluding hydrogens is 302 g/mol. The summed E-state index contributed by atoms with van der Waals surface area (Å²) in [6.45, 7) is 4.59. The first-order valence-electron chi connectivity index (χ1n) is 8.12. The Kier molecular flexibility index (Phi) is 4.51. The number of nitrogens with one attached hydrogen (secondary N) is 3. The highest BCUT2D eigenvalue weighted by Crippen LogP contribution is 2.24. The second kappa shape index (κ2) is 6.74. The topological polar surface area (TPSA) is 70.2 Å². The Morgan fingerprint density at radius 1 is 1.04 bits per heavy atom. The number of fused-ring (bicyclic) bond motifs is 1. The number of benzene rings is 2. The number of amides is 2. The van der Waals surface area contributed by atoms with Gasteiger partial charge in [-0.25, -0.2) is 0 Å². The van der Waals surface area contributed by atoms with Crippen molar-refractivity contribution in [1.29, 1.82) is 0 Å². The van der Waals surface area contributed by atoms with Crippen molar-refractivity contribution in [2.24, 2.45) is 5.92 Å². The molecule has 1 aliphatic rings. The maximum atomic E-state index is 12.4. The van der Waals surface area contributed by atoms with E-state index in [1.807, 2.05) is 32.0 Å². The van der Waals surface area contributed by atoms with Crippen LogP contribution in [-0.4, -0.2) is 18.4 Å². The summed E-state index contributed by atoms with van der Waals surface area (Å²) in [4.78, 5) is 24.2. The minimum Gasteiger partial charge on any atom is -0.384 e. The molecule has 2 aromatic rings. The van der Waals surface area contributed by atoms with Crippen LogP contribution in [0.3, 0.4) is 0 Å². The van der Waals surface area contributed by atoms with E-state index in [1.165, 1.54) is 5.56 Å². The highest BCUT2D eigenvalue weighted by molar-refractivity contribution is 6.05. The molecule has 1 aliphatic heterocycles. The van der Waals surface area contributed by atoms with Crippen molar-refractivity contribution in [3.63, 3.8) is 0 Å². The third kappa shape index (κ3) is 3.56. The van der Waals surface area contributed by atoms with Crippen LogP contribution in [0.2, 0.25) is 0 Å². The number of carbonyl (C=O) groups is 2. The van der Waals surface area contributed by atoms with Crippen LogP contribution in [0.4, 0.5) is 17.1 Å². The molecule has 0 unspecified atom stereocenters. The summed E-state index contributed by atoms with van der Waals surface area (Å²) in [6, 6.07) is 12.8. The largest absolute Gasteiger partial charge is 0.384 e. The van der Waals surface area contributed by atoms with Crippen LogP contribution in [0.1, 0.15) is 29.8 Å². The van der Waals surface area contributed by atoms with Gasteiger partial charge in [0.05, 0.1) is 0 Å². The molecule has 3 N–H and O–H groups in total. The minimum atomic E-state index is -0.156. The van der Waals surface area contributed by atoms with Gasteiger partial charge in [-0.05, 0) is 48.4 Å². The van der Waals surface area contributed by atoms with Gasteiger partial charge in [0, 0.05) is 35.1 Å². The molecule has 0 atom stereocenters. The van der Waals surface area contributed by atoms with Crippen molar-refractivity contribution in [2.75, 3.05) is 22.5 Å².